The third kappa shape index (κ3) is 6.21. The van der Waals surface area contributed by atoms with Gasteiger partial charge in [0, 0.05) is 6.54 Å². The quantitative estimate of drug-likeness (QED) is 0.247. The maximum atomic E-state index is 13.6. The first-order chi connectivity index (χ1) is 16.7. The van der Waals surface area contributed by atoms with Crippen LogP contribution in [0.3, 0.4) is 0 Å². The minimum Gasteiger partial charge on any atom is -0.290 e. The van der Waals surface area contributed by atoms with Crippen molar-refractivity contribution in [1.82, 2.24) is 14.5 Å². The van der Waals surface area contributed by atoms with Crippen molar-refractivity contribution < 1.29 is 14.2 Å². The van der Waals surface area contributed by atoms with E-state index in [-0.39, 0.29) is 22.1 Å². The molecule has 1 atom stereocenters. The van der Waals surface area contributed by atoms with Crippen molar-refractivity contribution in [2.24, 2.45) is 0 Å². The molecule has 6 nitrogen and oxygen atoms in total. The molecular weight excluding hydrogens is 463 g/mol. The molecule has 0 radical (unpaired) electrons. The van der Waals surface area contributed by atoms with Crippen LogP contribution in [0.15, 0.2) is 70.8 Å². The van der Waals surface area contributed by atoms with E-state index in [9.17, 15) is 14.4 Å². The van der Waals surface area contributed by atoms with Gasteiger partial charge in [-0.3, -0.25) is 14.3 Å². The number of thiophene rings is 1. The van der Waals surface area contributed by atoms with Gasteiger partial charge in [-0.15, -0.1) is 11.3 Å². The van der Waals surface area contributed by atoms with Crippen LogP contribution >= 0.6 is 11.3 Å². The van der Waals surface area contributed by atoms with Gasteiger partial charge in [-0.05, 0) is 41.1 Å². The zero-order valence-electron chi connectivity index (χ0n) is 20.4. The molecule has 0 bridgehead atoms. The van der Waals surface area contributed by atoms with E-state index in [2.05, 4.69) is 11.8 Å². The molecular formula is C27H32FN4O2S+. The maximum Gasteiger partial charge on any atom is 0.262 e. The number of nitrogens with zero attached hydrogens (tertiary/aromatic N) is 4. The molecule has 2 aromatic heterocycles. The first-order valence-corrected chi connectivity index (χ1v) is 12.7. The van der Waals surface area contributed by atoms with E-state index < -0.39 is 0 Å². The molecule has 4 rings (SSSR count). The van der Waals surface area contributed by atoms with Crippen LogP contribution < -0.4 is 5.56 Å². The van der Waals surface area contributed by atoms with Gasteiger partial charge in [-0.1, -0.05) is 49.4 Å². The Balaban J connectivity index is 1.79. The Labute approximate surface area is 209 Å². The summed E-state index contributed by atoms with van der Waals surface area (Å²) in [6.45, 7) is 4.11. The number of quaternary nitrogens is 1. The van der Waals surface area contributed by atoms with Crippen molar-refractivity contribution in [3.8, 4) is 0 Å². The van der Waals surface area contributed by atoms with E-state index in [0.717, 1.165) is 22.4 Å². The second kappa shape index (κ2) is 10.8. The van der Waals surface area contributed by atoms with Gasteiger partial charge in [-0.25, -0.2) is 14.6 Å². The van der Waals surface area contributed by atoms with Crippen LogP contribution in [0.5, 0.6) is 0 Å². The van der Waals surface area contributed by atoms with Crippen molar-refractivity contribution in [1.29, 1.82) is 0 Å². The maximum absolute atomic E-state index is 13.6. The topological polar surface area (TPSA) is 58.4 Å². The van der Waals surface area contributed by atoms with Crippen LogP contribution in [0.4, 0.5) is 4.39 Å². The molecule has 4 aromatic rings. The second-order valence-electron chi connectivity index (χ2n) is 9.35. The summed E-state index contributed by atoms with van der Waals surface area (Å²) in [6, 6.07) is 18.1. The van der Waals surface area contributed by atoms with Gasteiger partial charge in [0.2, 0.25) is 0 Å². The number of likely N-dealkylation sites (N-methyl/N-ethyl adjacent to an activating group) is 1. The lowest BCUT2D eigenvalue weighted by Crippen LogP contribution is -2.44. The highest BCUT2D eigenvalue weighted by Gasteiger charge is 2.27. The highest BCUT2D eigenvalue weighted by atomic mass is 32.1. The van der Waals surface area contributed by atoms with Gasteiger partial charge >= 0.3 is 0 Å². The number of hydrogen-bond acceptors (Lipinski definition) is 5. The summed E-state index contributed by atoms with van der Waals surface area (Å²) in [7, 11) is 3.47. The lowest BCUT2D eigenvalue weighted by atomic mass is 10.1. The summed E-state index contributed by atoms with van der Waals surface area (Å²) in [6.07, 6.45) is 0.720. The van der Waals surface area contributed by atoms with Crippen LogP contribution in [0, 0.1) is 5.82 Å². The third-order valence-electron chi connectivity index (χ3n) is 6.16. The van der Waals surface area contributed by atoms with Crippen molar-refractivity contribution in [2.45, 2.75) is 32.5 Å². The SMILES string of the molecule is CCC(c1nc2sccc2c(=O)n1Cc1ccccc1)N(CC[N+](C)(C)O)Cc1ccc(F)cc1. The van der Waals surface area contributed by atoms with Gasteiger partial charge in [0.05, 0.1) is 38.6 Å². The minimum atomic E-state index is -0.276. The van der Waals surface area contributed by atoms with E-state index in [1.807, 2.05) is 41.8 Å². The van der Waals surface area contributed by atoms with E-state index in [4.69, 9.17) is 4.98 Å². The Kier molecular flexibility index (Phi) is 7.76. The van der Waals surface area contributed by atoms with E-state index >= 15 is 0 Å². The number of hydrogen-bond donors (Lipinski definition) is 1. The lowest BCUT2D eigenvalue weighted by Gasteiger charge is -2.33. The summed E-state index contributed by atoms with van der Waals surface area (Å²) in [5.41, 5.74) is 1.94. The average molecular weight is 496 g/mol. The molecule has 0 saturated heterocycles. The Morgan fingerprint density at radius 2 is 1.80 bits per heavy atom. The number of fused-ring (bicyclic) bond motifs is 1. The number of rotatable bonds is 10. The fourth-order valence-corrected chi connectivity index (χ4v) is 5.05. The summed E-state index contributed by atoms with van der Waals surface area (Å²) < 4.78 is 15.2. The summed E-state index contributed by atoms with van der Waals surface area (Å²) in [4.78, 5) is 21.6. The lowest BCUT2D eigenvalue weighted by molar-refractivity contribution is -1.07. The molecule has 0 fully saturated rings. The fraction of sp³-hybridized carbons (Fsp3) is 0.333. The molecule has 8 heteroatoms. The van der Waals surface area contributed by atoms with Crippen molar-refractivity contribution >= 4 is 21.6 Å². The summed E-state index contributed by atoms with van der Waals surface area (Å²) >= 11 is 1.47. The smallest absolute Gasteiger partial charge is 0.262 e. The van der Waals surface area contributed by atoms with Crippen LogP contribution in [-0.4, -0.2) is 51.5 Å². The van der Waals surface area contributed by atoms with Crippen LogP contribution in [-0.2, 0) is 13.1 Å². The number of benzene rings is 2. The van der Waals surface area contributed by atoms with Gasteiger partial charge in [-0.2, -0.15) is 4.65 Å². The molecule has 1 unspecified atom stereocenters. The predicted octanol–water partition coefficient (Wildman–Crippen LogP) is 5.06. The predicted molar refractivity (Wildman–Crippen MR) is 138 cm³/mol. The van der Waals surface area contributed by atoms with E-state index in [1.54, 1.807) is 30.8 Å². The molecule has 2 heterocycles. The number of aromatic nitrogens is 2. The molecule has 1 N–H and O–H groups in total. The molecule has 0 aliphatic rings. The van der Waals surface area contributed by atoms with E-state index in [1.165, 1.54) is 23.5 Å². The zero-order valence-corrected chi connectivity index (χ0v) is 21.2. The largest absolute Gasteiger partial charge is 0.290 e. The van der Waals surface area contributed by atoms with Gasteiger partial charge in [0.25, 0.3) is 5.56 Å². The third-order valence-corrected chi connectivity index (χ3v) is 6.96. The van der Waals surface area contributed by atoms with Gasteiger partial charge in [0.1, 0.15) is 23.0 Å². The van der Waals surface area contributed by atoms with Gasteiger partial charge in [0.15, 0.2) is 0 Å². The molecule has 0 aliphatic heterocycles. The molecule has 35 heavy (non-hydrogen) atoms. The first-order valence-electron chi connectivity index (χ1n) is 11.8. The molecule has 2 aromatic carbocycles. The Morgan fingerprint density at radius 3 is 2.46 bits per heavy atom. The number of halogens is 1. The standard InChI is InChI=1S/C27H32FN4O2S/c1-4-24(30(15-16-32(2,3)34)18-21-10-12-22(28)13-11-21)25-29-26-23(14-17-35-26)27(33)31(25)19-20-8-6-5-7-9-20/h5-14,17,24,34H,4,15-16,18-19H2,1-3H3/q+1. The Hall–Kier alpha value is -2.91. The monoisotopic (exact) mass is 495 g/mol. The summed E-state index contributed by atoms with van der Waals surface area (Å²) in [5, 5.41) is 12.9. The fourth-order valence-electron chi connectivity index (χ4n) is 4.28. The Bertz CT molecular complexity index is 1310. The van der Waals surface area contributed by atoms with E-state index in [0.29, 0.717) is 37.4 Å². The average Bonchev–Trinajstić information content (AvgIpc) is 3.30. The normalized spacial score (nSPS) is 13.0. The first kappa shape index (κ1) is 25.2. The van der Waals surface area contributed by atoms with Crippen molar-refractivity contribution in [3.63, 3.8) is 0 Å². The molecule has 0 aliphatic carbocycles. The van der Waals surface area contributed by atoms with Gasteiger partial charge < -0.3 is 0 Å². The molecule has 0 amide bonds. The highest BCUT2D eigenvalue weighted by Crippen LogP contribution is 2.27. The summed E-state index contributed by atoms with van der Waals surface area (Å²) in [5.74, 6) is 0.434. The van der Waals surface area contributed by atoms with Crippen molar-refractivity contribution in [3.05, 3.63) is 99.2 Å². The Morgan fingerprint density at radius 1 is 1.09 bits per heavy atom. The van der Waals surface area contributed by atoms with Crippen LogP contribution in [0.2, 0.25) is 0 Å². The second-order valence-corrected chi connectivity index (χ2v) is 10.2. The number of hydroxylamine groups is 3. The molecule has 184 valence electrons. The van der Waals surface area contributed by atoms with Crippen LogP contribution in [0.1, 0.15) is 36.3 Å². The molecule has 0 spiro atoms. The minimum absolute atomic E-state index is 0.0476. The van der Waals surface area contributed by atoms with Crippen molar-refractivity contribution in [2.75, 3.05) is 27.2 Å². The highest BCUT2D eigenvalue weighted by molar-refractivity contribution is 7.16. The zero-order chi connectivity index (χ0) is 25.0. The molecule has 0 saturated carbocycles. The van der Waals surface area contributed by atoms with Crippen LogP contribution in [0.25, 0.3) is 10.2 Å².